The Bertz CT molecular complexity index is 290. The lowest BCUT2D eigenvalue weighted by Gasteiger charge is -2.28. The topological polar surface area (TPSA) is 29.0 Å². The van der Waals surface area contributed by atoms with Gasteiger partial charge >= 0.3 is 0 Å². The van der Waals surface area contributed by atoms with Crippen LogP contribution in [0.1, 0.15) is 27.2 Å². The van der Waals surface area contributed by atoms with Crippen molar-refractivity contribution < 1.29 is 0 Å². The van der Waals surface area contributed by atoms with Crippen LogP contribution in [0.4, 0.5) is 5.82 Å². The first-order valence-corrected chi connectivity index (χ1v) is 5.31. The highest BCUT2D eigenvalue weighted by Gasteiger charge is 2.12. The van der Waals surface area contributed by atoms with Crippen LogP contribution in [0.2, 0.25) is 5.15 Å². The predicted octanol–water partition coefficient (Wildman–Crippen LogP) is 2.75. The zero-order chi connectivity index (χ0) is 10.6. The van der Waals surface area contributed by atoms with Crippen LogP contribution in [0, 0.1) is 0 Å². The Morgan fingerprint density at radius 1 is 1.43 bits per heavy atom. The molecule has 0 aromatic carbocycles. The molecule has 0 aliphatic carbocycles. The summed E-state index contributed by atoms with van der Waals surface area (Å²) in [6.45, 7) is 7.39. The largest absolute Gasteiger partial charge is 0.354 e. The van der Waals surface area contributed by atoms with Gasteiger partial charge in [-0.05, 0) is 20.3 Å². The number of hydrogen-bond donors (Lipinski definition) is 0. The zero-order valence-electron chi connectivity index (χ0n) is 8.87. The monoisotopic (exact) mass is 213 g/mol. The molecule has 0 bridgehead atoms. The first-order chi connectivity index (χ1) is 6.69. The smallest absolute Gasteiger partial charge is 0.134 e. The molecule has 4 heteroatoms. The molecule has 1 aromatic heterocycles. The first kappa shape index (κ1) is 11.2. The summed E-state index contributed by atoms with van der Waals surface area (Å²) in [5.41, 5.74) is 0. The number of aromatic nitrogens is 2. The SMILES string of the molecule is CCC(C)N(CC)c1cc(Cl)ncn1. The third kappa shape index (κ3) is 2.58. The molecule has 0 radical (unpaired) electrons. The molecule has 0 saturated heterocycles. The van der Waals surface area contributed by atoms with E-state index in [1.165, 1.54) is 6.33 Å². The summed E-state index contributed by atoms with van der Waals surface area (Å²) in [5.74, 6) is 0.904. The van der Waals surface area contributed by atoms with Gasteiger partial charge in [-0.15, -0.1) is 0 Å². The van der Waals surface area contributed by atoms with Gasteiger partial charge in [-0.3, -0.25) is 0 Å². The molecule has 0 fully saturated rings. The van der Waals surface area contributed by atoms with Gasteiger partial charge in [0.05, 0.1) is 0 Å². The lowest BCUT2D eigenvalue weighted by molar-refractivity contribution is 0.622. The number of halogens is 1. The van der Waals surface area contributed by atoms with Gasteiger partial charge in [-0.2, -0.15) is 0 Å². The lowest BCUT2D eigenvalue weighted by Crippen LogP contribution is -2.32. The molecule has 0 amide bonds. The van der Waals surface area contributed by atoms with Gasteiger partial charge in [0.15, 0.2) is 0 Å². The number of rotatable bonds is 4. The molecule has 1 heterocycles. The van der Waals surface area contributed by atoms with Crippen LogP contribution in [0.3, 0.4) is 0 Å². The molecular formula is C10H16ClN3. The maximum Gasteiger partial charge on any atom is 0.134 e. The fourth-order valence-corrected chi connectivity index (χ4v) is 1.54. The van der Waals surface area contributed by atoms with Crippen molar-refractivity contribution in [1.82, 2.24) is 9.97 Å². The van der Waals surface area contributed by atoms with Crippen LogP contribution >= 0.6 is 11.6 Å². The molecule has 14 heavy (non-hydrogen) atoms. The molecule has 1 aromatic rings. The highest BCUT2D eigenvalue weighted by Crippen LogP contribution is 2.17. The Balaban J connectivity index is 2.89. The summed E-state index contributed by atoms with van der Waals surface area (Å²) in [6.07, 6.45) is 2.60. The summed E-state index contributed by atoms with van der Waals surface area (Å²) in [4.78, 5) is 10.3. The van der Waals surface area contributed by atoms with Crippen molar-refractivity contribution in [3.63, 3.8) is 0 Å². The Morgan fingerprint density at radius 3 is 2.64 bits per heavy atom. The molecule has 0 aliphatic heterocycles. The highest BCUT2D eigenvalue weighted by molar-refractivity contribution is 6.29. The quantitative estimate of drug-likeness (QED) is 0.721. The second kappa shape index (κ2) is 5.15. The van der Waals surface area contributed by atoms with Crippen LogP contribution in [0.25, 0.3) is 0 Å². The number of nitrogens with zero attached hydrogens (tertiary/aromatic N) is 3. The average Bonchev–Trinajstić information content (AvgIpc) is 2.19. The van der Waals surface area contributed by atoms with E-state index in [2.05, 4.69) is 35.6 Å². The van der Waals surface area contributed by atoms with Gasteiger partial charge in [-0.25, -0.2) is 9.97 Å². The molecule has 1 atom stereocenters. The summed E-state index contributed by atoms with van der Waals surface area (Å²) < 4.78 is 0. The normalized spacial score (nSPS) is 12.6. The minimum absolute atomic E-state index is 0.478. The summed E-state index contributed by atoms with van der Waals surface area (Å²) in [5, 5.41) is 0.497. The Hall–Kier alpha value is -0.830. The van der Waals surface area contributed by atoms with Gasteiger partial charge in [0.2, 0.25) is 0 Å². The lowest BCUT2D eigenvalue weighted by atomic mass is 10.2. The molecule has 78 valence electrons. The first-order valence-electron chi connectivity index (χ1n) is 4.93. The second-order valence-electron chi connectivity index (χ2n) is 3.24. The molecule has 0 aliphatic rings. The highest BCUT2D eigenvalue weighted by atomic mass is 35.5. The third-order valence-corrected chi connectivity index (χ3v) is 2.58. The summed E-state index contributed by atoms with van der Waals surface area (Å²) in [6, 6.07) is 2.28. The number of anilines is 1. The molecule has 0 spiro atoms. The minimum atomic E-state index is 0.478. The van der Waals surface area contributed by atoms with Crippen molar-refractivity contribution >= 4 is 17.4 Å². The molecular weight excluding hydrogens is 198 g/mol. The van der Waals surface area contributed by atoms with Gasteiger partial charge in [0.1, 0.15) is 17.3 Å². The van der Waals surface area contributed by atoms with E-state index in [0.29, 0.717) is 11.2 Å². The van der Waals surface area contributed by atoms with E-state index in [0.717, 1.165) is 18.8 Å². The van der Waals surface area contributed by atoms with Gasteiger partial charge in [0.25, 0.3) is 0 Å². The summed E-state index contributed by atoms with van der Waals surface area (Å²) in [7, 11) is 0. The van der Waals surface area contributed by atoms with E-state index < -0.39 is 0 Å². The maximum atomic E-state index is 5.82. The fourth-order valence-electron chi connectivity index (χ4n) is 1.40. The van der Waals surface area contributed by atoms with E-state index in [9.17, 15) is 0 Å². The van der Waals surface area contributed by atoms with Crippen LogP contribution in [0.15, 0.2) is 12.4 Å². The van der Waals surface area contributed by atoms with Gasteiger partial charge in [-0.1, -0.05) is 18.5 Å². The van der Waals surface area contributed by atoms with Gasteiger partial charge in [0, 0.05) is 18.7 Å². The zero-order valence-corrected chi connectivity index (χ0v) is 9.62. The van der Waals surface area contributed by atoms with E-state index in [4.69, 9.17) is 11.6 Å². The van der Waals surface area contributed by atoms with Crippen molar-refractivity contribution in [3.05, 3.63) is 17.5 Å². The fraction of sp³-hybridized carbons (Fsp3) is 0.600. The molecule has 1 unspecified atom stereocenters. The molecule has 3 nitrogen and oxygen atoms in total. The van der Waals surface area contributed by atoms with Crippen molar-refractivity contribution in [1.29, 1.82) is 0 Å². The molecule has 0 N–H and O–H groups in total. The van der Waals surface area contributed by atoms with Crippen molar-refractivity contribution in [2.45, 2.75) is 33.2 Å². The van der Waals surface area contributed by atoms with Crippen LogP contribution in [-0.4, -0.2) is 22.6 Å². The van der Waals surface area contributed by atoms with Crippen molar-refractivity contribution in [2.75, 3.05) is 11.4 Å². The van der Waals surface area contributed by atoms with E-state index in [1.807, 2.05) is 0 Å². The Morgan fingerprint density at radius 2 is 2.14 bits per heavy atom. The Kier molecular flexibility index (Phi) is 4.14. The van der Waals surface area contributed by atoms with Crippen LogP contribution in [-0.2, 0) is 0 Å². The van der Waals surface area contributed by atoms with Crippen molar-refractivity contribution in [3.8, 4) is 0 Å². The molecule has 1 rings (SSSR count). The van der Waals surface area contributed by atoms with E-state index in [-0.39, 0.29) is 0 Å². The molecule has 0 saturated carbocycles. The van der Waals surface area contributed by atoms with E-state index in [1.54, 1.807) is 6.07 Å². The van der Waals surface area contributed by atoms with Crippen LogP contribution in [0.5, 0.6) is 0 Å². The van der Waals surface area contributed by atoms with Crippen LogP contribution < -0.4 is 4.90 Å². The number of hydrogen-bond acceptors (Lipinski definition) is 3. The summed E-state index contributed by atoms with van der Waals surface area (Å²) >= 11 is 5.82. The van der Waals surface area contributed by atoms with Crippen molar-refractivity contribution in [2.24, 2.45) is 0 Å². The Labute approximate surface area is 90.1 Å². The standard InChI is InChI=1S/C10H16ClN3/c1-4-8(3)14(5-2)10-6-9(11)12-7-13-10/h6-8H,4-5H2,1-3H3. The van der Waals surface area contributed by atoms with Gasteiger partial charge < -0.3 is 4.90 Å². The second-order valence-corrected chi connectivity index (χ2v) is 3.63. The van der Waals surface area contributed by atoms with E-state index >= 15 is 0 Å². The average molecular weight is 214 g/mol. The maximum absolute atomic E-state index is 5.82. The predicted molar refractivity (Wildman–Crippen MR) is 59.8 cm³/mol. The minimum Gasteiger partial charge on any atom is -0.354 e. The third-order valence-electron chi connectivity index (χ3n) is 2.38.